The molecule has 0 bridgehead atoms. The van der Waals surface area contributed by atoms with Crippen molar-refractivity contribution in [3.63, 3.8) is 0 Å². The molecule has 1 amide bonds. The van der Waals surface area contributed by atoms with Gasteiger partial charge < -0.3 is 20.1 Å². The number of morpholine rings is 1. The molecule has 0 saturated carbocycles. The van der Waals surface area contributed by atoms with Gasteiger partial charge in [0.1, 0.15) is 6.04 Å². The van der Waals surface area contributed by atoms with Gasteiger partial charge >= 0.3 is 0 Å². The SMILES string of the molecule is CCC1COCCN1C(=O)C(N)COC.Cl. The zero-order valence-corrected chi connectivity index (χ0v) is 10.7. The first kappa shape index (κ1) is 15.6. The molecule has 6 heteroatoms. The molecule has 1 aliphatic heterocycles. The van der Waals surface area contributed by atoms with Crippen LogP contribution in [0.1, 0.15) is 13.3 Å². The van der Waals surface area contributed by atoms with E-state index in [1.54, 1.807) is 7.11 Å². The van der Waals surface area contributed by atoms with Gasteiger partial charge in [-0.2, -0.15) is 0 Å². The third-order valence-corrected chi connectivity index (χ3v) is 2.65. The summed E-state index contributed by atoms with van der Waals surface area (Å²) in [5.74, 6) is -0.0352. The zero-order valence-electron chi connectivity index (χ0n) is 9.85. The molecular weight excluding hydrogens is 232 g/mol. The van der Waals surface area contributed by atoms with E-state index in [9.17, 15) is 4.79 Å². The highest BCUT2D eigenvalue weighted by Gasteiger charge is 2.29. The third-order valence-electron chi connectivity index (χ3n) is 2.65. The second kappa shape index (κ2) is 7.84. The van der Waals surface area contributed by atoms with E-state index in [2.05, 4.69) is 0 Å². The summed E-state index contributed by atoms with van der Waals surface area (Å²) in [7, 11) is 1.55. The van der Waals surface area contributed by atoms with Crippen LogP contribution in [-0.4, -0.2) is 56.4 Å². The van der Waals surface area contributed by atoms with Gasteiger partial charge in [0.05, 0.1) is 25.9 Å². The zero-order chi connectivity index (χ0) is 11.3. The van der Waals surface area contributed by atoms with Crippen molar-refractivity contribution in [1.82, 2.24) is 4.90 Å². The Hall–Kier alpha value is -0.360. The topological polar surface area (TPSA) is 64.8 Å². The van der Waals surface area contributed by atoms with Crippen molar-refractivity contribution in [2.24, 2.45) is 5.73 Å². The highest BCUT2D eigenvalue weighted by atomic mass is 35.5. The molecule has 16 heavy (non-hydrogen) atoms. The number of nitrogens with zero attached hydrogens (tertiary/aromatic N) is 1. The predicted molar refractivity (Wildman–Crippen MR) is 63.7 cm³/mol. The number of hydrogen-bond acceptors (Lipinski definition) is 4. The minimum atomic E-state index is -0.554. The first-order valence-corrected chi connectivity index (χ1v) is 5.33. The van der Waals surface area contributed by atoms with Crippen LogP contribution in [0.2, 0.25) is 0 Å². The summed E-state index contributed by atoms with van der Waals surface area (Å²) in [5, 5.41) is 0. The number of methoxy groups -OCH3 is 1. The highest BCUT2D eigenvalue weighted by Crippen LogP contribution is 2.11. The van der Waals surface area contributed by atoms with Crippen molar-refractivity contribution in [3.8, 4) is 0 Å². The Morgan fingerprint density at radius 2 is 2.38 bits per heavy atom. The quantitative estimate of drug-likeness (QED) is 0.766. The van der Waals surface area contributed by atoms with Crippen molar-refractivity contribution in [2.45, 2.75) is 25.4 Å². The highest BCUT2D eigenvalue weighted by molar-refractivity contribution is 5.85. The van der Waals surface area contributed by atoms with Gasteiger partial charge in [-0.05, 0) is 6.42 Å². The first-order chi connectivity index (χ1) is 7.20. The van der Waals surface area contributed by atoms with Crippen molar-refractivity contribution in [2.75, 3.05) is 33.5 Å². The van der Waals surface area contributed by atoms with E-state index in [1.807, 2.05) is 11.8 Å². The third kappa shape index (κ3) is 3.90. The molecule has 0 radical (unpaired) electrons. The molecule has 1 rings (SSSR count). The van der Waals surface area contributed by atoms with Crippen LogP contribution >= 0.6 is 12.4 Å². The van der Waals surface area contributed by atoms with Crippen molar-refractivity contribution in [3.05, 3.63) is 0 Å². The van der Waals surface area contributed by atoms with Crippen LogP contribution < -0.4 is 5.73 Å². The minimum absolute atomic E-state index is 0. The van der Waals surface area contributed by atoms with Crippen molar-refractivity contribution >= 4 is 18.3 Å². The Bertz CT molecular complexity index is 216. The number of hydrogen-bond donors (Lipinski definition) is 1. The van der Waals surface area contributed by atoms with Gasteiger partial charge in [-0.15, -0.1) is 12.4 Å². The summed E-state index contributed by atoms with van der Waals surface area (Å²) in [6.45, 7) is 4.16. The Kier molecular flexibility index (Phi) is 7.66. The molecule has 1 saturated heterocycles. The smallest absolute Gasteiger partial charge is 0.242 e. The molecule has 1 fully saturated rings. The Labute approximate surface area is 103 Å². The van der Waals surface area contributed by atoms with Crippen LogP contribution in [0.5, 0.6) is 0 Å². The lowest BCUT2D eigenvalue weighted by Crippen LogP contribution is -2.54. The van der Waals surface area contributed by atoms with Gasteiger partial charge in [-0.3, -0.25) is 4.79 Å². The first-order valence-electron chi connectivity index (χ1n) is 5.33. The molecule has 1 aliphatic rings. The lowest BCUT2D eigenvalue weighted by atomic mass is 10.1. The molecular formula is C10H21ClN2O3. The molecule has 5 nitrogen and oxygen atoms in total. The lowest BCUT2D eigenvalue weighted by molar-refractivity contribution is -0.142. The molecule has 2 N–H and O–H groups in total. The number of rotatable bonds is 4. The normalized spacial score (nSPS) is 22.4. The van der Waals surface area contributed by atoms with Crippen molar-refractivity contribution in [1.29, 1.82) is 0 Å². The maximum atomic E-state index is 11.9. The fourth-order valence-corrected chi connectivity index (χ4v) is 1.75. The lowest BCUT2D eigenvalue weighted by Gasteiger charge is -2.36. The summed E-state index contributed by atoms with van der Waals surface area (Å²) in [4.78, 5) is 13.7. The number of amides is 1. The maximum absolute atomic E-state index is 11.9. The second-order valence-electron chi connectivity index (χ2n) is 3.73. The minimum Gasteiger partial charge on any atom is -0.383 e. The van der Waals surface area contributed by atoms with Gasteiger partial charge in [0.25, 0.3) is 0 Å². The van der Waals surface area contributed by atoms with E-state index in [0.29, 0.717) is 19.8 Å². The molecule has 0 aliphatic carbocycles. The summed E-state index contributed by atoms with van der Waals surface area (Å²) >= 11 is 0. The molecule has 0 aromatic rings. The van der Waals surface area contributed by atoms with Crippen LogP contribution in [-0.2, 0) is 14.3 Å². The Morgan fingerprint density at radius 1 is 1.69 bits per heavy atom. The maximum Gasteiger partial charge on any atom is 0.242 e. The van der Waals surface area contributed by atoms with Crippen LogP contribution in [0.15, 0.2) is 0 Å². The summed E-state index contributed by atoms with van der Waals surface area (Å²) in [5.41, 5.74) is 5.72. The average Bonchev–Trinajstić information content (AvgIpc) is 2.28. The fourth-order valence-electron chi connectivity index (χ4n) is 1.75. The van der Waals surface area contributed by atoms with Gasteiger partial charge in [-0.25, -0.2) is 0 Å². The summed E-state index contributed by atoms with van der Waals surface area (Å²) in [6.07, 6.45) is 0.894. The monoisotopic (exact) mass is 252 g/mol. The predicted octanol–water partition coefficient (Wildman–Crippen LogP) is 0.0193. The number of nitrogens with two attached hydrogens (primary N) is 1. The summed E-state index contributed by atoms with van der Waals surface area (Å²) in [6, 6.07) is -0.392. The fraction of sp³-hybridized carbons (Fsp3) is 0.900. The van der Waals surface area contributed by atoms with Crippen LogP contribution in [0.4, 0.5) is 0 Å². The number of ether oxygens (including phenoxy) is 2. The number of carbonyl (C=O) groups excluding carboxylic acids is 1. The Balaban J connectivity index is 0.00000225. The molecule has 0 spiro atoms. The molecule has 0 aromatic heterocycles. The van der Waals surface area contributed by atoms with E-state index < -0.39 is 6.04 Å². The summed E-state index contributed by atoms with van der Waals surface area (Å²) < 4.78 is 10.2. The van der Waals surface area contributed by atoms with Gasteiger partial charge in [0, 0.05) is 13.7 Å². The molecule has 2 atom stereocenters. The second-order valence-corrected chi connectivity index (χ2v) is 3.73. The molecule has 1 heterocycles. The van der Waals surface area contributed by atoms with Gasteiger partial charge in [0.2, 0.25) is 5.91 Å². The van der Waals surface area contributed by atoms with Gasteiger partial charge in [0.15, 0.2) is 0 Å². The number of carbonyl (C=O) groups is 1. The standard InChI is InChI=1S/C10H20N2O3.ClH/c1-3-8-6-15-5-4-12(8)10(13)9(11)7-14-2;/h8-9H,3-7,11H2,1-2H3;1H. The molecule has 96 valence electrons. The number of halogens is 1. The van der Waals surface area contributed by atoms with E-state index in [4.69, 9.17) is 15.2 Å². The van der Waals surface area contributed by atoms with E-state index in [0.717, 1.165) is 6.42 Å². The van der Waals surface area contributed by atoms with E-state index >= 15 is 0 Å². The van der Waals surface area contributed by atoms with E-state index in [1.165, 1.54) is 0 Å². The molecule has 2 unspecified atom stereocenters. The van der Waals surface area contributed by atoms with Gasteiger partial charge in [-0.1, -0.05) is 6.92 Å². The van der Waals surface area contributed by atoms with Crippen molar-refractivity contribution < 1.29 is 14.3 Å². The van der Waals surface area contributed by atoms with Crippen LogP contribution in [0.3, 0.4) is 0 Å². The average molecular weight is 253 g/mol. The van der Waals surface area contributed by atoms with Crippen LogP contribution in [0, 0.1) is 0 Å². The largest absolute Gasteiger partial charge is 0.383 e. The molecule has 0 aromatic carbocycles. The Morgan fingerprint density at radius 3 is 2.94 bits per heavy atom. The van der Waals surface area contributed by atoms with E-state index in [-0.39, 0.29) is 31.0 Å². The van der Waals surface area contributed by atoms with Crippen LogP contribution in [0.25, 0.3) is 0 Å².